The Hall–Kier alpha value is -2.05. The molecule has 2 radical (unpaired) electrons. The normalized spacial score (nSPS) is 9.74. The maximum absolute atomic E-state index is 10.8. The van der Waals surface area contributed by atoms with Crippen molar-refractivity contribution < 1.29 is 9.66 Å². The van der Waals surface area contributed by atoms with Crippen molar-refractivity contribution in [2.24, 2.45) is 0 Å². The van der Waals surface area contributed by atoms with Crippen LogP contribution in [0.1, 0.15) is 19.5 Å². The molecule has 0 unspecified atom stereocenters. The van der Waals surface area contributed by atoms with Crippen molar-refractivity contribution in [2.75, 3.05) is 21.2 Å². The lowest BCUT2D eigenvalue weighted by Gasteiger charge is -2.07. The molecule has 1 aromatic heterocycles. The Labute approximate surface area is 114 Å². The van der Waals surface area contributed by atoms with Crippen molar-refractivity contribution in [3.8, 4) is 5.88 Å². The Kier molecular flexibility index (Phi) is 7.25. The van der Waals surface area contributed by atoms with E-state index in [9.17, 15) is 10.1 Å². The minimum atomic E-state index is -0.530. The quantitative estimate of drug-likeness (QED) is 0.466. The van der Waals surface area contributed by atoms with Crippen LogP contribution in [0, 0.1) is 10.1 Å². The molecule has 0 atom stereocenters. The van der Waals surface area contributed by atoms with Gasteiger partial charge in [0.15, 0.2) is 0 Å². The van der Waals surface area contributed by atoms with Crippen molar-refractivity contribution >= 4 is 25.1 Å². The summed E-state index contributed by atoms with van der Waals surface area (Å²) in [6.45, 7) is 4.00. The zero-order valence-electron chi connectivity index (χ0n) is 11.9. The second kappa shape index (κ2) is 8.13. The molecule has 19 heavy (non-hydrogen) atoms. The van der Waals surface area contributed by atoms with Gasteiger partial charge in [-0.15, -0.1) is 0 Å². The fourth-order valence-electron chi connectivity index (χ4n) is 1.17. The van der Waals surface area contributed by atoms with E-state index in [0.29, 0.717) is 0 Å². The van der Waals surface area contributed by atoms with Gasteiger partial charge < -0.3 is 9.64 Å². The molecule has 0 bridgehead atoms. The molecular formula is C12H18BN3O3. The first-order valence-electron chi connectivity index (χ1n) is 5.79. The van der Waals surface area contributed by atoms with Crippen molar-refractivity contribution in [3.05, 3.63) is 28.1 Å². The van der Waals surface area contributed by atoms with E-state index in [0.717, 1.165) is 0 Å². The van der Waals surface area contributed by atoms with Gasteiger partial charge in [0.2, 0.25) is 5.88 Å². The fraction of sp³-hybridized carbons (Fsp3) is 0.417. The lowest BCUT2D eigenvalue weighted by Crippen LogP contribution is -2.12. The lowest BCUT2D eigenvalue weighted by atomic mass is 9.96. The first-order chi connectivity index (χ1) is 8.95. The van der Waals surface area contributed by atoms with Crippen molar-refractivity contribution in [2.45, 2.75) is 13.8 Å². The number of pyridine rings is 1. The molecule has 102 valence electrons. The van der Waals surface area contributed by atoms with Gasteiger partial charge in [0, 0.05) is 26.4 Å². The Balaban J connectivity index is 0.00000154. The van der Waals surface area contributed by atoms with Gasteiger partial charge in [-0.1, -0.05) is 13.8 Å². The number of ether oxygens (including phenoxy) is 1. The predicted octanol–water partition coefficient (Wildman–Crippen LogP) is 1.35. The number of rotatable bonds is 4. The monoisotopic (exact) mass is 263 g/mol. The molecule has 0 aliphatic carbocycles. The van der Waals surface area contributed by atoms with Crippen LogP contribution in [0.15, 0.2) is 12.3 Å². The molecule has 1 heterocycles. The Morgan fingerprint density at radius 1 is 1.47 bits per heavy atom. The first kappa shape index (κ1) is 17.0. The van der Waals surface area contributed by atoms with Crippen LogP contribution in [0.5, 0.6) is 5.88 Å². The highest BCUT2D eigenvalue weighted by atomic mass is 16.6. The smallest absolute Gasteiger partial charge is 0.294 e. The molecular weight excluding hydrogens is 245 g/mol. The van der Waals surface area contributed by atoms with E-state index in [2.05, 4.69) is 4.98 Å². The van der Waals surface area contributed by atoms with Gasteiger partial charge in [-0.05, 0) is 11.5 Å². The SMILES string of the molecule is CC.[B]c1cc([N+](=O)[O-])c(/C=C/N(C)C)nc1OC. The summed E-state index contributed by atoms with van der Waals surface area (Å²) in [5.74, 6) is 0.175. The van der Waals surface area contributed by atoms with Crippen molar-refractivity contribution in [3.63, 3.8) is 0 Å². The van der Waals surface area contributed by atoms with Crippen LogP contribution < -0.4 is 10.2 Å². The first-order valence-corrected chi connectivity index (χ1v) is 5.79. The highest BCUT2D eigenvalue weighted by Crippen LogP contribution is 2.19. The molecule has 0 N–H and O–H groups in total. The Bertz CT molecular complexity index is 462. The Morgan fingerprint density at radius 3 is 2.47 bits per heavy atom. The average molecular weight is 263 g/mol. The fourth-order valence-corrected chi connectivity index (χ4v) is 1.17. The number of nitro groups is 1. The third-order valence-electron chi connectivity index (χ3n) is 1.94. The standard InChI is InChI=1S/C10H12BN3O3.C2H6/c1-13(2)5-4-8-9(14(15)16)6-7(11)10(12-8)17-3;1-2/h4-6H,1-3H3;1-2H3/b5-4+;. The molecule has 0 aliphatic rings. The number of methoxy groups -OCH3 is 1. The highest BCUT2D eigenvalue weighted by molar-refractivity contribution is 6.34. The number of hydrogen-bond acceptors (Lipinski definition) is 5. The van der Waals surface area contributed by atoms with E-state index < -0.39 is 4.92 Å². The molecule has 7 heteroatoms. The summed E-state index contributed by atoms with van der Waals surface area (Å²) >= 11 is 0. The predicted molar refractivity (Wildman–Crippen MR) is 76.9 cm³/mol. The minimum Gasteiger partial charge on any atom is -0.481 e. The van der Waals surface area contributed by atoms with E-state index in [1.54, 1.807) is 25.2 Å². The number of nitrogens with zero attached hydrogens (tertiary/aromatic N) is 3. The summed E-state index contributed by atoms with van der Waals surface area (Å²) in [5, 5.41) is 10.8. The lowest BCUT2D eigenvalue weighted by molar-refractivity contribution is -0.385. The van der Waals surface area contributed by atoms with Gasteiger partial charge in [0.25, 0.3) is 5.69 Å². The number of hydrogen-bond donors (Lipinski definition) is 0. The van der Waals surface area contributed by atoms with Crippen LogP contribution in [-0.2, 0) is 0 Å². The summed E-state index contributed by atoms with van der Waals surface area (Å²) in [6, 6.07) is 1.24. The van der Waals surface area contributed by atoms with Crippen LogP contribution in [0.25, 0.3) is 6.08 Å². The zero-order valence-corrected chi connectivity index (χ0v) is 11.9. The summed E-state index contributed by atoms with van der Waals surface area (Å²) < 4.78 is 4.92. The van der Waals surface area contributed by atoms with Crippen LogP contribution in [0.4, 0.5) is 5.69 Å². The molecule has 1 aromatic rings. The molecule has 0 saturated heterocycles. The second-order valence-electron chi connectivity index (χ2n) is 3.53. The maximum atomic E-state index is 10.8. The topological polar surface area (TPSA) is 68.5 Å². The number of aromatic nitrogens is 1. The van der Waals surface area contributed by atoms with E-state index in [4.69, 9.17) is 12.6 Å². The molecule has 1 rings (SSSR count). The Morgan fingerprint density at radius 2 is 2.05 bits per heavy atom. The second-order valence-corrected chi connectivity index (χ2v) is 3.53. The third kappa shape index (κ3) is 4.99. The zero-order chi connectivity index (χ0) is 15.0. The summed E-state index contributed by atoms with van der Waals surface area (Å²) in [6.07, 6.45) is 3.19. The van der Waals surface area contributed by atoms with E-state index >= 15 is 0 Å². The minimum absolute atomic E-state index is 0.140. The highest BCUT2D eigenvalue weighted by Gasteiger charge is 2.16. The van der Waals surface area contributed by atoms with E-state index in [1.807, 2.05) is 13.8 Å². The van der Waals surface area contributed by atoms with Gasteiger partial charge in [-0.3, -0.25) is 10.1 Å². The molecule has 0 aromatic carbocycles. The molecule has 0 fully saturated rings. The largest absolute Gasteiger partial charge is 0.481 e. The van der Waals surface area contributed by atoms with Crippen LogP contribution in [0.3, 0.4) is 0 Å². The van der Waals surface area contributed by atoms with Crippen LogP contribution in [0.2, 0.25) is 0 Å². The van der Waals surface area contributed by atoms with Crippen LogP contribution in [-0.4, -0.2) is 43.9 Å². The molecule has 6 nitrogen and oxygen atoms in total. The van der Waals surface area contributed by atoms with Crippen LogP contribution >= 0.6 is 0 Å². The summed E-state index contributed by atoms with van der Waals surface area (Å²) in [4.78, 5) is 16.0. The molecule has 0 amide bonds. The molecule has 0 spiro atoms. The van der Waals surface area contributed by atoms with E-state index in [-0.39, 0.29) is 22.7 Å². The van der Waals surface area contributed by atoms with Crippen molar-refractivity contribution in [1.82, 2.24) is 9.88 Å². The summed E-state index contributed by atoms with van der Waals surface area (Å²) in [5.41, 5.74) is 0.192. The van der Waals surface area contributed by atoms with Crippen molar-refractivity contribution in [1.29, 1.82) is 0 Å². The van der Waals surface area contributed by atoms with Gasteiger partial charge in [0.1, 0.15) is 13.5 Å². The third-order valence-corrected chi connectivity index (χ3v) is 1.94. The van der Waals surface area contributed by atoms with E-state index in [1.165, 1.54) is 19.3 Å². The summed E-state index contributed by atoms with van der Waals surface area (Å²) in [7, 11) is 10.6. The van der Waals surface area contributed by atoms with Gasteiger partial charge in [-0.2, -0.15) is 0 Å². The maximum Gasteiger partial charge on any atom is 0.294 e. The van der Waals surface area contributed by atoms with Gasteiger partial charge in [0.05, 0.1) is 12.0 Å². The molecule has 0 aliphatic heterocycles. The average Bonchev–Trinajstić information content (AvgIpc) is 2.38. The molecule has 0 saturated carbocycles. The van der Waals surface area contributed by atoms with Gasteiger partial charge >= 0.3 is 0 Å². The van der Waals surface area contributed by atoms with Gasteiger partial charge in [-0.25, -0.2) is 4.98 Å².